The van der Waals surface area contributed by atoms with Crippen LogP contribution in [0.5, 0.6) is 0 Å². The Morgan fingerprint density at radius 1 is 1.22 bits per heavy atom. The zero-order chi connectivity index (χ0) is 14.7. The minimum Gasteiger partial charge on any atom is -0.356 e. The van der Waals surface area contributed by atoms with E-state index in [1.54, 1.807) is 0 Å². The van der Waals surface area contributed by atoms with Crippen LogP contribution in [-0.4, -0.2) is 50.1 Å². The Kier molecular flexibility index (Phi) is 8.64. The summed E-state index contributed by atoms with van der Waals surface area (Å²) in [6, 6.07) is 0. The molecule has 0 aromatic carbocycles. The predicted octanol–water partition coefficient (Wildman–Crippen LogP) is 2.46. The molecule has 0 aromatic heterocycles. The molecule has 136 valence electrons. The molecule has 2 heterocycles. The summed E-state index contributed by atoms with van der Waals surface area (Å²) >= 11 is 0. The number of halogens is 2. The standard InChI is InChI=1S/C17H31N3O.2ClH/c1-14-3-11-20(12-4-14)10-2-7-19-16(21)15-13-17(15)5-8-18-9-6-17;;/h14-15,18H,2-13H2,1H3,(H,19,21);2*1H. The second kappa shape index (κ2) is 9.45. The van der Waals surface area contributed by atoms with Gasteiger partial charge in [-0.05, 0) is 82.6 Å². The molecule has 1 aliphatic carbocycles. The maximum atomic E-state index is 12.2. The van der Waals surface area contributed by atoms with E-state index in [0.717, 1.165) is 44.9 Å². The largest absolute Gasteiger partial charge is 0.356 e. The highest BCUT2D eigenvalue weighted by Crippen LogP contribution is 2.58. The van der Waals surface area contributed by atoms with Crippen LogP contribution in [0.1, 0.15) is 45.4 Å². The van der Waals surface area contributed by atoms with Gasteiger partial charge in [0.1, 0.15) is 0 Å². The summed E-state index contributed by atoms with van der Waals surface area (Å²) in [5.41, 5.74) is 0.373. The average molecular weight is 366 g/mol. The molecule has 1 unspecified atom stereocenters. The fourth-order valence-corrected chi connectivity index (χ4v) is 4.12. The lowest BCUT2D eigenvalue weighted by atomic mass is 9.92. The van der Waals surface area contributed by atoms with Gasteiger partial charge in [-0.3, -0.25) is 4.79 Å². The van der Waals surface area contributed by atoms with Crippen LogP contribution in [0.4, 0.5) is 0 Å². The first-order chi connectivity index (χ1) is 10.2. The van der Waals surface area contributed by atoms with Gasteiger partial charge in [-0.15, -0.1) is 24.8 Å². The van der Waals surface area contributed by atoms with Crippen molar-refractivity contribution in [3.05, 3.63) is 0 Å². The van der Waals surface area contributed by atoms with Crippen molar-refractivity contribution >= 4 is 30.7 Å². The van der Waals surface area contributed by atoms with Gasteiger partial charge in [-0.25, -0.2) is 0 Å². The van der Waals surface area contributed by atoms with E-state index < -0.39 is 0 Å². The van der Waals surface area contributed by atoms with Crippen molar-refractivity contribution < 1.29 is 4.79 Å². The molecule has 0 aromatic rings. The first-order valence-electron chi connectivity index (χ1n) is 8.90. The van der Waals surface area contributed by atoms with Crippen LogP contribution < -0.4 is 10.6 Å². The highest BCUT2D eigenvalue weighted by molar-refractivity contribution is 5.85. The lowest BCUT2D eigenvalue weighted by molar-refractivity contribution is -0.123. The van der Waals surface area contributed by atoms with Crippen molar-refractivity contribution in [1.29, 1.82) is 0 Å². The summed E-state index contributed by atoms with van der Waals surface area (Å²) in [5.74, 6) is 1.54. The van der Waals surface area contributed by atoms with Gasteiger partial charge in [-0.1, -0.05) is 6.92 Å². The first kappa shape index (κ1) is 21.0. The van der Waals surface area contributed by atoms with Crippen LogP contribution in [0.2, 0.25) is 0 Å². The fraction of sp³-hybridized carbons (Fsp3) is 0.941. The van der Waals surface area contributed by atoms with Crippen molar-refractivity contribution in [3.8, 4) is 0 Å². The third kappa shape index (κ3) is 5.48. The number of amides is 1. The fourth-order valence-electron chi connectivity index (χ4n) is 4.12. The molecule has 23 heavy (non-hydrogen) atoms. The van der Waals surface area contributed by atoms with Crippen molar-refractivity contribution in [2.75, 3.05) is 39.3 Å². The predicted molar refractivity (Wildman–Crippen MR) is 99.6 cm³/mol. The summed E-state index contributed by atoms with van der Waals surface area (Å²) in [6.07, 6.45) is 7.29. The number of carbonyl (C=O) groups is 1. The van der Waals surface area contributed by atoms with Crippen LogP contribution in [0.25, 0.3) is 0 Å². The third-order valence-electron chi connectivity index (χ3n) is 5.93. The first-order valence-corrected chi connectivity index (χ1v) is 8.90. The SMILES string of the molecule is CC1CCN(CCCNC(=O)C2CC23CCNCC3)CC1.Cl.Cl. The number of piperidine rings is 2. The molecule has 2 saturated heterocycles. The van der Waals surface area contributed by atoms with E-state index in [-0.39, 0.29) is 24.8 Å². The lowest BCUT2D eigenvalue weighted by Crippen LogP contribution is -2.36. The van der Waals surface area contributed by atoms with Crippen LogP contribution in [0.3, 0.4) is 0 Å². The number of hydrogen-bond donors (Lipinski definition) is 2. The van der Waals surface area contributed by atoms with Crippen molar-refractivity contribution in [1.82, 2.24) is 15.5 Å². The van der Waals surface area contributed by atoms with Gasteiger partial charge in [0.25, 0.3) is 0 Å². The molecule has 0 bridgehead atoms. The Morgan fingerprint density at radius 2 is 1.87 bits per heavy atom. The highest BCUT2D eigenvalue weighted by Gasteiger charge is 2.57. The Morgan fingerprint density at radius 3 is 2.52 bits per heavy atom. The van der Waals surface area contributed by atoms with E-state index in [0.29, 0.717) is 17.2 Å². The van der Waals surface area contributed by atoms with E-state index in [9.17, 15) is 4.79 Å². The molecule has 4 nitrogen and oxygen atoms in total. The maximum Gasteiger partial charge on any atom is 0.223 e. The number of likely N-dealkylation sites (tertiary alicyclic amines) is 1. The second-order valence-corrected chi connectivity index (χ2v) is 7.54. The molecule has 6 heteroatoms. The minimum atomic E-state index is 0. The molecule has 2 aliphatic heterocycles. The van der Waals surface area contributed by atoms with Gasteiger partial charge in [0, 0.05) is 12.5 Å². The number of rotatable bonds is 5. The molecule has 1 spiro atoms. The van der Waals surface area contributed by atoms with Gasteiger partial charge < -0.3 is 15.5 Å². The number of carbonyl (C=O) groups excluding carboxylic acids is 1. The Bertz CT molecular complexity index is 367. The zero-order valence-corrected chi connectivity index (χ0v) is 15.9. The summed E-state index contributed by atoms with van der Waals surface area (Å²) in [5, 5.41) is 6.57. The molecule has 2 N–H and O–H groups in total. The lowest BCUT2D eigenvalue weighted by Gasteiger charge is -2.30. The Hall–Kier alpha value is -0.0300. The summed E-state index contributed by atoms with van der Waals surface area (Å²) in [4.78, 5) is 14.8. The quantitative estimate of drug-likeness (QED) is 0.735. The minimum absolute atomic E-state index is 0. The summed E-state index contributed by atoms with van der Waals surface area (Å²) in [7, 11) is 0. The molecule has 1 amide bonds. The third-order valence-corrected chi connectivity index (χ3v) is 5.93. The van der Waals surface area contributed by atoms with E-state index in [2.05, 4.69) is 22.5 Å². The maximum absolute atomic E-state index is 12.2. The molecule has 1 atom stereocenters. The van der Waals surface area contributed by atoms with Gasteiger partial charge in [0.2, 0.25) is 5.91 Å². The Labute approximate surface area is 153 Å². The summed E-state index contributed by atoms with van der Waals surface area (Å²) in [6.45, 7) is 9.03. The van der Waals surface area contributed by atoms with Crippen molar-refractivity contribution in [2.45, 2.75) is 45.4 Å². The molecule has 0 radical (unpaired) electrons. The second-order valence-electron chi connectivity index (χ2n) is 7.54. The molecule has 3 rings (SSSR count). The molecule has 1 saturated carbocycles. The van der Waals surface area contributed by atoms with E-state index in [1.807, 2.05) is 0 Å². The topological polar surface area (TPSA) is 44.4 Å². The van der Waals surface area contributed by atoms with E-state index in [1.165, 1.54) is 38.8 Å². The van der Waals surface area contributed by atoms with Gasteiger partial charge in [-0.2, -0.15) is 0 Å². The summed E-state index contributed by atoms with van der Waals surface area (Å²) < 4.78 is 0. The molecular weight excluding hydrogens is 333 g/mol. The van der Waals surface area contributed by atoms with E-state index in [4.69, 9.17) is 0 Å². The smallest absolute Gasteiger partial charge is 0.223 e. The number of hydrogen-bond acceptors (Lipinski definition) is 3. The van der Waals surface area contributed by atoms with Gasteiger partial charge >= 0.3 is 0 Å². The molecule has 3 fully saturated rings. The van der Waals surface area contributed by atoms with Crippen LogP contribution in [0, 0.1) is 17.3 Å². The number of nitrogens with zero attached hydrogens (tertiary/aromatic N) is 1. The zero-order valence-electron chi connectivity index (χ0n) is 14.3. The monoisotopic (exact) mass is 365 g/mol. The highest BCUT2D eigenvalue weighted by atomic mass is 35.5. The number of nitrogens with one attached hydrogen (secondary N) is 2. The normalized spacial score (nSPS) is 26.9. The molecule has 3 aliphatic rings. The van der Waals surface area contributed by atoms with Crippen LogP contribution >= 0.6 is 24.8 Å². The molecular formula is C17H33Cl2N3O. The van der Waals surface area contributed by atoms with Crippen LogP contribution in [0.15, 0.2) is 0 Å². The van der Waals surface area contributed by atoms with E-state index >= 15 is 0 Å². The van der Waals surface area contributed by atoms with Gasteiger partial charge in [0.05, 0.1) is 0 Å². The van der Waals surface area contributed by atoms with Crippen molar-refractivity contribution in [2.24, 2.45) is 17.3 Å². The van der Waals surface area contributed by atoms with Crippen LogP contribution in [-0.2, 0) is 4.79 Å². The Balaban J connectivity index is 0.00000132. The van der Waals surface area contributed by atoms with Crippen molar-refractivity contribution in [3.63, 3.8) is 0 Å². The van der Waals surface area contributed by atoms with Gasteiger partial charge in [0.15, 0.2) is 0 Å². The average Bonchev–Trinajstić information content (AvgIpc) is 3.19.